The lowest BCUT2D eigenvalue weighted by Gasteiger charge is -2.37. The summed E-state index contributed by atoms with van der Waals surface area (Å²) in [5.41, 5.74) is 3.21. The van der Waals surface area contributed by atoms with Crippen LogP contribution in [-0.2, 0) is 11.3 Å². The number of aryl methyl sites for hydroxylation is 1. The molecule has 1 aliphatic heterocycles. The molecule has 140 valence electrons. The lowest BCUT2D eigenvalue weighted by atomic mass is 10.1. The van der Waals surface area contributed by atoms with Gasteiger partial charge >= 0.3 is 0 Å². The van der Waals surface area contributed by atoms with Crippen molar-refractivity contribution in [1.82, 2.24) is 9.80 Å². The molecule has 1 N–H and O–H groups in total. The number of hydrogen-bond donors (Lipinski definition) is 1. The molecule has 0 unspecified atom stereocenters. The minimum Gasteiger partial charge on any atom is -0.495 e. The number of carbonyl (C=O) groups excluding carboxylic acids is 1. The van der Waals surface area contributed by atoms with Crippen molar-refractivity contribution in [2.75, 3.05) is 38.6 Å². The summed E-state index contributed by atoms with van der Waals surface area (Å²) < 4.78 is 5.36. The summed E-state index contributed by atoms with van der Waals surface area (Å²) in [5.74, 6) is 0.705. The van der Waals surface area contributed by atoms with Crippen LogP contribution in [0.3, 0.4) is 0 Å². The molecule has 1 fully saturated rings. The van der Waals surface area contributed by atoms with Gasteiger partial charge in [-0.3, -0.25) is 14.6 Å². The van der Waals surface area contributed by atoms with E-state index in [9.17, 15) is 4.79 Å². The van der Waals surface area contributed by atoms with E-state index in [1.807, 2.05) is 32.0 Å². The van der Waals surface area contributed by atoms with Gasteiger partial charge in [-0.1, -0.05) is 6.07 Å². The lowest BCUT2D eigenvalue weighted by molar-refractivity contribution is -0.121. The number of nitrogens with zero attached hydrogens (tertiary/aromatic N) is 2. The Labute approximate surface area is 159 Å². The van der Waals surface area contributed by atoms with Crippen LogP contribution in [0.2, 0.25) is 0 Å². The van der Waals surface area contributed by atoms with Crippen molar-refractivity contribution in [3.8, 4) is 5.75 Å². The second-order valence-electron chi connectivity index (χ2n) is 6.81. The highest BCUT2D eigenvalue weighted by Gasteiger charge is 2.26. The second-order valence-corrected chi connectivity index (χ2v) is 7.59. The molecular formula is C20H27N3O2S. The Morgan fingerprint density at radius 3 is 2.69 bits per heavy atom. The Kier molecular flexibility index (Phi) is 6.29. The van der Waals surface area contributed by atoms with Gasteiger partial charge in [0, 0.05) is 32.7 Å². The van der Waals surface area contributed by atoms with Crippen LogP contribution in [0.5, 0.6) is 5.75 Å². The van der Waals surface area contributed by atoms with Crippen molar-refractivity contribution < 1.29 is 9.53 Å². The number of methoxy groups -OCH3 is 1. The van der Waals surface area contributed by atoms with Crippen LogP contribution in [0.4, 0.5) is 5.69 Å². The summed E-state index contributed by atoms with van der Waals surface area (Å²) in [7, 11) is 1.62. The van der Waals surface area contributed by atoms with Gasteiger partial charge in [-0.25, -0.2) is 0 Å². The van der Waals surface area contributed by atoms with Crippen molar-refractivity contribution in [2.45, 2.75) is 26.4 Å². The van der Waals surface area contributed by atoms with E-state index in [4.69, 9.17) is 4.74 Å². The number of benzene rings is 1. The molecule has 26 heavy (non-hydrogen) atoms. The highest BCUT2D eigenvalue weighted by molar-refractivity contribution is 7.07. The van der Waals surface area contributed by atoms with Crippen molar-refractivity contribution in [3.63, 3.8) is 0 Å². The van der Waals surface area contributed by atoms with Crippen LogP contribution in [-0.4, -0.2) is 55.0 Å². The Morgan fingerprint density at radius 2 is 2.04 bits per heavy atom. The molecule has 1 aromatic heterocycles. The predicted octanol–water partition coefficient (Wildman–Crippen LogP) is 3.21. The first-order valence-electron chi connectivity index (χ1n) is 9.00. The first kappa shape index (κ1) is 18.9. The van der Waals surface area contributed by atoms with E-state index in [-0.39, 0.29) is 11.9 Å². The number of carbonyl (C=O) groups is 1. The number of anilines is 1. The number of nitrogens with one attached hydrogen (secondary N) is 1. The minimum absolute atomic E-state index is 0.0141. The van der Waals surface area contributed by atoms with Gasteiger partial charge in [0.2, 0.25) is 5.91 Å². The van der Waals surface area contributed by atoms with Crippen molar-refractivity contribution in [3.05, 3.63) is 46.2 Å². The summed E-state index contributed by atoms with van der Waals surface area (Å²) in [6, 6.07) is 7.83. The van der Waals surface area contributed by atoms with E-state index < -0.39 is 0 Å². The van der Waals surface area contributed by atoms with Gasteiger partial charge in [-0.2, -0.15) is 11.3 Å². The summed E-state index contributed by atoms with van der Waals surface area (Å²) in [5, 5.41) is 7.36. The number of amides is 1. The van der Waals surface area contributed by atoms with Gasteiger partial charge in [0.05, 0.1) is 18.8 Å². The van der Waals surface area contributed by atoms with Crippen LogP contribution < -0.4 is 10.1 Å². The molecule has 1 amide bonds. The smallest absolute Gasteiger partial charge is 0.241 e. The monoisotopic (exact) mass is 373 g/mol. The topological polar surface area (TPSA) is 44.8 Å². The third-order valence-corrected chi connectivity index (χ3v) is 5.67. The molecule has 1 atom stereocenters. The van der Waals surface area contributed by atoms with Crippen LogP contribution >= 0.6 is 11.3 Å². The summed E-state index contributed by atoms with van der Waals surface area (Å²) in [6.45, 7) is 8.77. The fourth-order valence-corrected chi connectivity index (χ4v) is 3.93. The molecular weight excluding hydrogens is 346 g/mol. The molecule has 0 spiro atoms. The zero-order chi connectivity index (χ0) is 18.5. The number of rotatable bonds is 6. The zero-order valence-electron chi connectivity index (χ0n) is 15.7. The van der Waals surface area contributed by atoms with Crippen LogP contribution in [0, 0.1) is 6.92 Å². The highest BCUT2D eigenvalue weighted by Crippen LogP contribution is 2.25. The highest BCUT2D eigenvalue weighted by atomic mass is 32.1. The normalized spacial score (nSPS) is 17.0. The first-order valence-corrected chi connectivity index (χ1v) is 9.94. The van der Waals surface area contributed by atoms with Crippen molar-refractivity contribution in [2.24, 2.45) is 0 Å². The number of piperazine rings is 1. The SMILES string of the molecule is COc1ccc(C)cc1NC(=O)[C@@H](C)N1CCN(Cc2ccsc2)CC1. The van der Waals surface area contributed by atoms with Gasteiger partial charge in [0.1, 0.15) is 5.75 Å². The van der Waals surface area contributed by atoms with Crippen LogP contribution in [0.15, 0.2) is 35.0 Å². The standard InChI is InChI=1S/C20H27N3O2S/c1-15-4-5-19(25-3)18(12-15)21-20(24)16(2)23-9-7-22(8-10-23)13-17-6-11-26-14-17/h4-6,11-12,14,16H,7-10,13H2,1-3H3,(H,21,24)/t16-/m1/s1. The number of hydrogen-bond acceptors (Lipinski definition) is 5. The second kappa shape index (κ2) is 8.66. The maximum absolute atomic E-state index is 12.7. The molecule has 0 bridgehead atoms. The number of thiophene rings is 1. The Balaban J connectivity index is 1.54. The summed E-state index contributed by atoms with van der Waals surface area (Å²) in [6.07, 6.45) is 0. The Hall–Kier alpha value is -1.89. The van der Waals surface area contributed by atoms with Crippen LogP contribution in [0.25, 0.3) is 0 Å². The maximum atomic E-state index is 12.7. The Morgan fingerprint density at radius 1 is 1.27 bits per heavy atom. The van der Waals surface area contributed by atoms with Gasteiger partial charge in [-0.05, 0) is 53.9 Å². The molecule has 2 aromatic rings. The van der Waals surface area contributed by atoms with Crippen LogP contribution in [0.1, 0.15) is 18.1 Å². The average Bonchev–Trinajstić information content (AvgIpc) is 3.15. The van der Waals surface area contributed by atoms with Gasteiger partial charge in [0.25, 0.3) is 0 Å². The largest absolute Gasteiger partial charge is 0.495 e. The molecule has 1 aromatic carbocycles. The summed E-state index contributed by atoms with van der Waals surface area (Å²) >= 11 is 1.74. The molecule has 0 aliphatic carbocycles. The maximum Gasteiger partial charge on any atom is 0.241 e. The first-order chi connectivity index (χ1) is 12.6. The molecule has 1 aliphatic rings. The van der Waals surface area contributed by atoms with Crippen molar-refractivity contribution >= 4 is 22.9 Å². The molecule has 1 saturated heterocycles. The minimum atomic E-state index is -0.163. The quantitative estimate of drug-likeness (QED) is 0.845. The predicted molar refractivity (Wildman–Crippen MR) is 107 cm³/mol. The molecule has 0 radical (unpaired) electrons. The summed E-state index contributed by atoms with van der Waals surface area (Å²) in [4.78, 5) is 17.4. The fraction of sp³-hybridized carbons (Fsp3) is 0.450. The van der Waals surface area contributed by atoms with E-state index >= 15 is 0 Å². The zero-order valence-corrected chi connectivity index (χ0v) is 16.5. The molecule has 2 heterocycles. The van der Waals surface area contributed by atoms with E-state index in [0.29, 0.717) is 5.75 Å². The Bertz CT molecular complexity index is 725. The van der Waals surface area contributed by atoms with Gasteiger partial charge in [-0.15, -0.1) is 0 Å². The van der Waals surface area contributed by atoms with E-state index in [1.165, 1.54) is 5.56 Å². The fourth-order valence-electron chi connectivity index (χ4n) is 3.27. The van der Waals surface area contributed by atoms with Gasteiger partial charge in [0.15, 0.2) is 0 Å². The van der Waals surface area contributed by atoms with Gasteiger partial charge < -0.3 is 10.1 Å². The van der Waals surface area contributed by atoms with Crippen molar-refractivity contribution in [1.29, 1.82) is 0 Å². The third-order valence-electron chi connectivity index (χ3n) is 4.93. The average molecular weight is 374 g/mol. The molecule has 6 heteroatoms. The molecule has 3 rings (SSSR count). The van der Waals surface area contributed by atoms with E-state index in [1.54, 1.807) is 18.4 Å². The van der Waals surface area contributed by atoms with E-state index in [2.05, 4.69) is 31.9 Å². The number of ether oxygens (including phenoxy) is 1. The molecule has 5 nitrogen and oxygen atoms in total. The molecule has 0 saturated carbocycles. The third kappa shape index (κ3) is 4.63. The van der Waals surface area contributed by atoms with E-state index in [0.717, 1.165) is 44.0 Å². The lowest BCUT2D eigenvalue weighted by Crippen LogP contribution is -2.52.